The minimum absolute atomic E-state index is 0.136. The Balaban J connectivity index is 1.70. The molecule has 4 rings (SSSR count). The number of ketones is 2. The molecule has 4 nitrogen and oxygen atoms in total. The molecule has 0 atom stereocenters. The van der Waals surface area contributed by atoms with Crippen molar-refractivity contribution in [1.29, 1.82) is 0 Å². The van der Waals surface area contributed by atoms with Gasteiger partial charge in [0.15, 0.2) is 0 Å². The SMILES string of the molecule is CCc1cc(C(c2ccc(O)c(CC(=O)C(F)(F)c3ccc(-c4ccc(C(F)(F)C(C)=O)cc4)cc3)c2)(C(F)(F)F)C(F)(F)F)ccc1O. The largest absolute Gasteiger partial charge is 0.508 e. The molecule has 0 aliphatic rings. The zero-order valence-electron chi connectivity index (χ0n) is 25.5. The molecule has 0 fully saturated rings. The lowest BCUT2D eigenvalue weighted by atomic mass is 9.71. The first-order valence-corrected chi connectivity index (χ1v) is 14.4. The van der Waals surface area contributed by atoms with Gasteiger partial charge in [0.25, 0.3) is 0 Å². The van der Waals surface area contributed by atoms with Crippen molar-refractivity contribution in [2.75, 3.05) is 0 Å². The molecule has 0 saturated heterocycles. The van der Waals surface area contributed by atoms with Crippen LogP contribution in [0.1, 0.15) is 47.2 Å². The first kappa shape index (κ1) is 36.9. The number of hydrogen-bond acceptors (Lipinski definition) is 4. The maximum atomic E-state index is 15.3. The van der Waals surface area contributed by atoms with Gasteiger partial charge in [-0.2, -0.15) is 43.9 Å². The van der Waals surface area contributed by atoms with Gasteiger partial charge in [-0.1, -0.05) is 79.7 Å². The third kappa shape index (κ3) is 6.60. The van der Waals surface area contributed by atoms with Crippen molar-refractivity contribution in [3.63, 3.8) is 0 Å². The van der Waals surface area contributed by atoms with Gasteiger partial charge in [0.1, 0.15) is 11.5 Å². The number of benzene rings is 4. The Morgan fingerprint density at radius 3 is 1.31 bits per heavy atom. The number of Topliss-reactive ketones (excluding diaryl/α,β-unsaturated/α-hetero) is 2. The van der Waals surface area contributed by atoms with Crippen molar-refractivity contribution in [3.05, 3.63) is 118 Å². The zero-order chi connectivity index (χ0) is 36.7. The van der Waals surface area contributed by atoms with Crippen LogP contribution in [0.25, 0.3) is 11.1 Å². The van der Waals surface area contributed by atoms with Gasteiger partial charge in [0.2, 0.25) is 17.0 Å². The van der Waals surface area contributed by atoms with Gasteiger partial charge in [0, 0.05) is 30.0 Å². The third-order valence-corrected chi connectivity index (χ3v) is 8.23. The third-order valence-electron chi connectivity index (χ3n) is 8.23. The van der Waals surface area contributed by atoms with Crippen LogP contribution in [0.4, 0.5) is 43.9 Å². The number of alkyl halides is 10. The molecule has 14 heteroatoms. The summed E-state index contributed by atoms with van der Waals surface area (Å²) in [5.74, 6) is -13.0. The summed E-state index contributed by atoms with van der Waals surface area (Å²) in [6.07, 6.45) is -13.8. The van der Waals surface area contributed by atoms with E-state index in [-0.39, 0.29) is 29.2 Å². The number of halogens is 10. The number of phenols is 2. The van der Waals surface area contributed by atoms with Gasteiger partial charge in [-0.25, -0.2) is 0 Å². The highest BCUT2D eigenvalue weighted by Crippen LogP contribution is 2.57. The van der Waals surface area contributed by atoms with Crippen molar-refractivity contribution in [2.24, 2.45) is 0 Å². The smallest absolute Gasteiger partial charge is 0.411 e. The molecule has 0 aliphatic carbocycles. The molecule has 0 spiro atoms. The molecule has 0 radical (unpaired) electrons. The summed E-state index contributed by atoms with van der Waals surface area (Å²) in [5, 5.41) is 20.2. The van der Waals surface area contributed by atoms with Gasteiger partial charge < -0.3 is 10.2 Å². The Labute approximate surface area is 272 Å². The van der Waals surface area contributed by atoms with E-state index in [0.29, 0.717) is 37.3 Å². The Morgan fingerprint density at radius 2 is 0.918 bits per heavy atom. The maximum absolute atomic E-state index is 15.3. The van der Waals surface area contributed by atoms with E-state index in [4.69, 9.17) is 0 Å². The van der Waals surface area contributed by atoms with Gasteiger partial charge >= 0.3 is 24.2 Å². The van der Waals surface area contributed by atoms with Crippen molar-refractivity contribution in [2.45, 2.75) is 56.3 Å². The Hall–Kier alpha value is -4.88. The minimum Gasteiger partial charge on any atom is -0.508 e. The Morgan fingerprint density at radius 1 is 0.551 bits per heavy atom. The lowest BCUT2D eigenvalue weighted by Crippen LogP contribution is -2.54. The molecule has 0 aliphatic heterocycles. The van der Waals surface area contributed by atoms with Crippen molar-refractivity contribution < 1.29 is 63.7 Å². The van der Waals surface area contributed by atoms with E-state index in [2.05, 4.69) is 0 Å². The molecule has 2 N–H and O–H groups in total. The van der Waals surface area contributed by atoms with E-state index in [1.54, 1.807) is 0 Å². The average Bonchev–Trinajstić information content (AvgIpc) is 3.02. The summed E-state index contributed by atoms with van der Waals surface area (Å²) in [4.78, 5) is 24.1. The zero-order valence-corrected chi connectivity index (χ0v) is 25.5. The fourth-order valence-corrected chi connectivity index (χ4v) is 5.44. The maximum Gasteiger partial charge on any atom is 0.411 e. The number of rotatable bonds is 10. The normalized spacial score (nSPS) is 13.0. The highest BCUT2D eigenvalue weighted by Gasteiger charge is 2.72. The van der Waals surface area contributed by atoms with Crippen molar-refractivity contribution in [3.8, 4) is 22.6 Å². The van der Waals surface area contributed by atoms with E-state index in [1.165, 1.54) is 19.1 Å². The van der Waals surface area contributed by atoms with E-state index in [9.17, 15) is 54.9 Å². The van der Waals surface area contributed by atoms with Gasteiger partial charge in [-0.3, -0.25) is 9.59 Å². The first-order chi connectivity index (χ1) is 22.6. The number of phenolic OH excluding ortho intramolecular Hbond substituents is 2. The molecule has 0 heterocycles. The first-order valence-electron chi connectivity index (χ1n) is 14.4. The molecular formula is C35H26F10O4. The van der Waals surface area contributed by atoms with Gasteiger partial charge in [-0.05, 0) is 46.4 Å². The number of carbonyl (C=O) groups is 2. The molecule has 4 aromatic carbocycles. The molecule has 0 amide bonds. The highest BCUT2D eigenvalue weighted by molar-refractivity contribution is 5.89. The Kier molecular flexibility index (Phi) is 9.70. The van der Waals surface area contributed by atoms with E-state index >= 15 is 8.78 Å². The molecule has 260 valence electrons. The second kappa shape index (κ2) is 12.9. The van der Waals surface area contributed by atoms with Crippen molar-refractivity contribution >= 4 is 11.6 Å². The summed E-state index contributed by atoms with van der Waals surface area (Å²) in [6.45, 7) is 2.10. The molecule has 0 unspecified atom stereocenters. The number of hydrogen-bond donors (Lipinski definition) is 2. The van der Waals surface area contributed by atoms with Crippen molar-refractivity contribution in [1.82, 2.24) is 0 Å². The molecule has 0 saturated carbocycles. The number of aromatic hydroxyl groups is 2. The fraction of sp³-hybridized carbons (Fsp3) is 0.257. The predicted molar refractivity (Wildman–Crippen MR) is 158 cm³/mol. The van der Waals surface area contributed by atoms with Gasteiger partial charge in [-0.15, -0.1) is 0 Å². The quantitative estimate of drug-likeness (QED) is 0.162. The lowest BCUT2D eigenvalue weighted by Gasteiger charge is -2.38. The molecule has 4 aromatic rings. The topological polar surface area (TPSA) is 74.6 Å². The van der Waals surface area contributed by atoms with Crippen LogP contribution in [0.2, 0.25) is 0 Å². The van der Waals surface area contributed by atoms with Crippen LogP contribution < -0.4 is 0 Å². The molecule has 0 bridgehead atoms. The van der Waals surface area contributed by atoms with Crippen LogP contribution in [0, 0.1) is 0 Å². The molecular weight excluding hydrogens is 674 g/mol. The highest BCUT2D eigenvalue weighted by atomic mass is 19.4. The van der Waals surface area contributed by atoms with E-state index in [1.807, 2.05) is 0 Å². The summed E-state index contributed by atoms with van der Waals surface area (Å²) >= 11 is 0. The van der Waals surface area contributed by atoms with Crippen LogP contribution in [-0.4, -0.2) is 34.1 Å². The second-order valence-corrected chi connectivity index (χ2v) is 11.2. The van der Waals surface area contributed by atoms with Crippen LogP contribution in [0.3, 0.4) is 0 Å². The average molecular weight is 701 g/mol. The van der Waals surface area contributed by atoms with Gasteiger partial charge in [0.05, 0.1) is 0 Å². The summed E-state index contributed by atoms with van der Waals surface area (Å²) in [6, 6.07) is 10.8. The number of carbonyl (C=O) groups excluding carboxylic acids is 2. The molecule has 49 heavy (non-hydrogen) atoms. The standard InChI is InChI=1S/C35H26F10O4/c1-3-20-16-26(12-14-28(20)47)31(34(40,41)42,35(43,44)45)27-13-15-29(48)23(17-27)18-30(49)33(38,39)25-10-6-22(7-11-25)21-4-8-24(9-5-21)32(36,37)19(2)46/h4-17,47-48H,3,18H2,1-2H3. The molecule has 0 aromatic heterocycles. The summed E-state index contributed by atoms with van der Waals surface area (Å²) in [7, 11) is 0. The number of aryl methyl sites for hydroxylation is 1. The van der Waals surface area contributed by atoms with E-state index < -0.39 is 86.9 Å². The van der Waals surface area contributed by atoms with Crippen LogP contribution in [0.5, 0.6) is 11.5 Å². The van der Waals surface area contributed by atoms with Crippen LogP contribution >= 0.6 is 0 Å². The second-order valence-electron chi connectivity index (χ2n) is 11.2. The summed E-state index contributed by atoms with van der Waals surface area (Å²) < 4.78 is 147. The predicted octanol–water partition coefficient (Wildman–Crippen LogP) is 9.32. The lowest BCUT2D eigenvalue weighted by molar-refractivity contribution is -0.288. The van der Waals surface area contributed by atoms with Crippen LogP contribution in [-0.2, 0) is 39.7 Å². The Bertz CT molecular complexity index is 1850. The van der Waals surface area contributed by atoms with E-state index in [0.717, 1.165) is 36.4 Å². The summed E-state index contributed by atoms with van der Waals surface area (Å²) in [5.41, 5.74) is -9.75. The van der Waals surface area contributed by atoms with Crippen LogP contribution in [0.15, 0.2) is 84.9 Å². The monoisotopic (exact) mass is 700 g/mol. The fourth-order valence-electron chi connectivity index (χ4n) is 5.44. The minimum atomic E-state index is -6.08.